The average Bonchev–Trinajstić information content (AvgIpc) is 2.75. The molecule has 3 rings (SSSR count). The highest BCUT2D eigenvalue weighted by molar-refractivity contribution is 6.04. The van der Waals surface area contributed by atoms with E-state index >= 15 is 0 Å². The predicted molar refractivity (Wildman–Crippen MR) is 109 cm³/mol. The molecule has 0 atom stereocenters. The lowest BCUT2D eigenvalue weighted by Gasteiger charge is -2.11. The van der Waals surface area contributed by atoms with Crippen LogP contribution in [0.5, 0.6) is 5.75 Å². The van der Waals surface area contributed by atoms with E-state index in [2.05, 4.69) is 20.6 Å². The van der Waals surface area contributed by atoms with E-state index in [0.29, 0.717) is 22.7 Å². The predicted octanol–water partition coefficient (Wildman–Crippen LogP) is 3.66. The molecular formula is C21H20N4O4. The smallest absolute Gasteiger partial charge is 0.340 e. The molecule has 0 radical (unpaired) electrons. The highest BCUT2D eigenvalue weighted by atomic mass is 16.5. The average molecular weight is 392 g/mol. The number of carbonyl (C=O) groups excluding carboxylic acids is 2. The molecule has 2 N–H and O–H groups in total. The zero-order chi connectivity index (χ0) is 20.6. The summed E-state index contributed by atoms with van der Waals surface area (Å²) in [5.41, 5.74) is 1.51. The zero-order valence-corrected chi connectivity index (χ0v) is 16.0. The molecule has 1 amide bonds. The van der Waals surface area contributed by atoms with Crippen LogP contribution in [0, 0.1) is 0 Å². The summed E-state index contributed by atoms with van der Waals surface area (Å²) < 4.78 is 10.3. The zero-order valence-electron chi connectivity index (χ0n) is 16.0. The van der Waals surface area contributed by atoms with Gasteiger partial charge in [-0.2, -0.15) is 0 Å². The van der Waals surface area contributed by atoms with Gasteiger partial charge in [-0.15, -0.1) is 0 Å². The summed E-state index contributed by atoms with van der Waals surface area (Å²) in [7, 11) is 1.53. The molecule has 0 aliphatic heterocycles. The third-order valence-corrected chi connectivity index (χ3v) is 3.91. The van der Waals surface area contributed by atoms with Crippen LogP contribution in [-0.2, 0) is 4.74 Å². The lowest BCUT2D eigenvalue weighted by molar-refractivity contribution is 0.0527. The Morgan fingerprint density at radius 2 is 1.72 bits per heavy atom. The van der Waals surface area contributed by atoms with Gasteiger partial charge < -0.3 is 20.1 Å². The van der Waals surface area contributed by atoms with Crippen LogP contribution in [0.1, 0.15) is 27.8 Å². The number of methoxy groups -OCH3 is 1. The number of hydrogen-bond acceptors (Lipinski definition) is 7. The second-order valence-electron chi connectivity index (χ2n) is 5.81. The maximum Gasteiger partial charge on any atom is 0.340 e. The van der Waals surface area contributed by atoms with Crippen molar-refractivity contribution < 1.29 is 19.1 Å². The lowest BCUT2D eigenvalue weighted by Crippen LogP contribution is -2.15. The fraction of sp³-hybridized carbons (Fsp3) is 0.143. The molecule has 0 saturated heterocycles. The molecule has 8 heteroatoms. The molecule has 0 aliphatic carbocycles. The summed E-state index contributed by atoms with van der Waals surface area (Å²) in [6, 6.07) is 15.4. The molecule has 0 unspecified atom stereocenters. The number of amides is 1. The number of esters is 1. The van der Waals surface area contributed by atoms with Gasteiger partial charge in [-0.25, -0.2) is 14.8 Å². The van der Waals surface area contributed by atoms with Crippen molar-refractivity contribution in [3.63, 3.8) is 0 Å². The minimum absolute atomic E-state index is 0.155. The highest BCUT2D eigenvalue weighted by Gasteiger charge is 2.15. The molecule has 1 aromatic heterocycles. The van der Waals surface area contributed by atoms with Gasteiger partial charge in [0.1, 0.15) is 11.4 Å². The highest BCUT2D eigenvalue weighted by Crippen LogP contribution is 2.24. The van der Waals surface area contributed by atoms with Crippen molar-refractivity contribution in [2.45, 2.75) is 6.92 Å². The number of nitrogens with zero attached hydrogens (tertiary/aromatic N) is 2. The molecule has 0 spiro atoms. The molecule has 148 valence electrons. The van der Waals surface area contributed by atoms with E-state index in [1.54, 1.807) is 49.4 Å². The Labute approximate surface area is 167 Å². The number of benzene rings is 2. The second kappa shape index (κ2) is 9.32. The quantitative estimate of drug-likeness (QED) is 0.592. The number of aromatic nitrogens is 2. The van der Waals surface area contributed by atoms with Crippen molar-refractivity contribution in [1.82, 2.24) is 9.97 Å². The van der Waals surface area contributed by atoms with Gasteiger partial charge in [-0.3, -0.25) is 4.79 Å². The van der Waals surface area contributed by atoms with Crippen LogP contribution in [0.2, 0.25) is 0 Å². The van der Waals surface area contributed by atoms with E-state index in [1.165, 1.54) is 19.4 Å². The van der Waals surface area contributed by atoms with Gasteiger partial charge in [0.05, 0.1) is 30.7 Å². The Hall–Kier alpha value is -3.94. The molecule has 2 aromatic carbocycles. The second-order valence-corrected chi connectivity index (χ2v) is 5.81. The van der Waals surface area contributed by atoms with Crippen LogP contribution < -0.4 is 15.4 Å². The number of ether oxygens (including phenoxy) is 2. The van der Waals surface area contributed by atoms with E-state index in [0.717, 1.165) is 0 Å². The van der Waals surface area contributed by atoms with E-state index < -0.39 is 11.9 Å². The Kier molecular flexibility index (Phi) is 6.36. The van der Waals surface area contributed by atoms with Crippen LogP contribution >= 0.6 is 0 Å². The van der Waals surface area contributed by atoms with Crippen molar-refractivity contribution in [3.05, 3.63) is 72.1 Å². The van der Waals surface area contributed by atoms with Gasteiger partial charge in [-0.05, 0) is 37.3 Å². The van der Waals surface area contributed by atoms with Crippen LogP contribution in [0.4, 0.5) is 17.3 Å². The number of anilines is 3. The Morgan fingerprint density at radius 3 is 2.48 bits per heavy atom. The fourth-order valence-electron chi connectivity index (χ4n) is 2.58. The Bertz CT molecular complexity index is 1020. The monoisotopic (exact) mass is 392 g/mol. The summed E-state index contributed by atoms with van der Waals surface area (Å²) in [6.45, 7) is 2.00. The van der Waals surface area contributed by atoms with E-state index in [9.17, 15) is 9.59 Å². The maximum absolute atomic E-state index is 12.6. The number of carbonyl (C=O) groups is 2. The van der Waals surface area contributed by atoms with Crippen molar-refractivity contribution >= 4 is 29.2 Å². The molecule has 0 saturated carbocycles. The summed E-state index contributed by atoms with van der Waals surface area (Å²) >= 11 is 0. The van der Waals surface area contributed by atoms with Crippen LogP contribution in [0.15, 0.2) is 60.8 Å². The third kappa shape index (κ3) is 4.86. The molecule has 8 nitrogen and oxygen atoms in total. The molecule has 1 heterocycles. The summed E-state index contributed by atoms with van der Waals surface area (Å²) in [5.74, 6) is -0.162. The van der Waals surface area contributed by atoms with Gasteiger partial charge in [0.25, 0.3) is 5.91 Å². The Balaban J connectivity index is 1.80. The summed E-state index contributed by atoms with van der Waals surface area (Å²) in [6.07, 6.45) is 1.46. The summed E-state index contributed by atoms with van der Waals surface area (Å²) in [5, 5.41) is 5.72. The van der Waals surface area contributed by atoms with Crippen LogP contribution in [0.3, 0.4) is 0 Å². The fourth-order valence-corrected chi connectivity index (χ4v) is 2.58. The first-order chi connectivity index (χ1) is 14.1. The van der Waals surface area contributed by atoms with E-state index in [4.69, 9.17) is 9.47 Å². The molecule has 0 fully saturated rings. The molecule has 29 heavy (non-hydrogen) atoms. The van der Waals surface area contributed by atoms with Gasteiger partial charge in [0.15, 0.2) is 0 Å². The van der Waals surface area contributed by atoms with Crippen molar-refractivity contribution in [2.24, 2.45) is 0 Å². The van der Waals surface area contributed by atoms with Crippen molar-refractivity contribution in [1.29, 1.82) is 0 Å². The third-order valence-electron chi connectivity index (χ3n) is 3.91. The topological polar surface area (TPSA) is 102 Å². The number of hydrogen-bond donors (Lipinski definition) is 2. The number of para-hydroxylation sites is 3. The van der Waals surface area contributed by atoms with E-state index in [-0.39, 0.29) is 18.2 Å². The number of nitrogens with one attached hydrogen (secondary N) is 2. The normalized spacial score (nSPS) is 10.1. The molecular weight excluding hydrogens is 372 g/mol. The minimum atomic E-state index is -0.458. The number of rotatable bonds is 7. The van der Waals surface area contributed by atoms with Gasteiger partial charge in [0, 0.05) is 6.20 Å². The Morgan fingerprint density at radius 1 is 1.00 bits per heavy atom. The summed E-state index contributed by atoms with van der Waals surface area (Å²) in [4.78, 5) is 33.1. The van der Waals surface area contributed by atoms with Crippen molar-refractivity contribution in [2.75, 3.05) is 24.4 Å². The first-order valence-corrected chi connectivity index (χ1v) is 8.93. The van der Waals surface area contributed by atoms with Gasteiger partial charge in [0.2, 0.25) is 5.95 Å². The lowest BCUT2D eigenvalue weighted by atomic mass is 10.2. The van der Waals surface area contributed by atoms with Gasteiger partial charge in [-0.1, -0.05) is 24.3 Å². The minimum Gasteiger partial charge on any atom is -0.495 e. The molecule has 0 aliphatic rings. The van der Waals surface area contributed by atoms with Crippen LogP contribution in [0.25, 0.3) is 0 Å². The SMILES string of the molecule is CCOC(=O)c1ccccc1Nc1nccc(C(=O)Nc2ccccc2OC)n1. The van der Waals surface area contributed by atoms with Gasteiger partial charge >= 0.3 is 5.97 Å². The first-order valence-electron chi connectivity index (χ1n) is 8.93. The first kappa shape index (κ1) is 19.8. The van der Waals surface area contributed by atoms with E-state index in [1.807, 2.05) is 6.07 Å². The maximum atomic E-state index is 12.6. The van der Waals surface area contributed by atoms with Crippen molar-refractivity contribution in [3.8, 4) is 5.75 Å². The van der Waals surface area contributed by atoms with Crippen LogP contribution in [-0.4, -0.2) is 35.6 Å². The molecule has 0 bridgehead atoms. The largest absolute Gasteiger partial charge is 0.495 e. The standard InChI is InChI=1S/C21H20N4O4/c1-3-29-20(27)14-8-4-5-9-15(14)24-21-22-13-12-17(25-21)19(26)23-16-10-6-7-11-18(16)28-2/h4-13H,3H2,1-2H3,(H,23,26)(H,22,24,25). The molecule has 3 aromatic rings.